The zero-order valence-corrected chi connectivity index (χ0v) is 13.3. The van der Waals surface area contributed by atoms with E-state index in [2.05, 4.69) is 17.2 Å². The lowest BCUT2D eigenvalue weighted by molar-refractivity contribution is -0.135. The zero-order chi connectivity index (χ0) is 15.0. The van der Waals surface area contributed by atoms with E-state index in [0.717, 1.165) is 36.6 Å². The normalized spacial score (nSPS) is 26.0. The Labute approximate surface area is 128 Å². The van der Waals surface area contributed by atoms with E-state index in [4.69, 9.17) is 0 Å². The third kappa shape index (κ3) is 2.95. The van der Waals surface area contributed by atoms with E-state index in [1.165, 1.54) is 4.88 Å². The first-order valence-corrected chi connectivity index (χ1v) is 8.38. The topological polar surface area (TPSA) is 62.3 Å². The van der Waals surface area contributed by atoms with Crippen LogP contribution in [0.4, 0.5) is 0 Å². The second-order valence-corrected chi connectivity index (χ2v) is 7.21. The molecule has 2 aliphatic heterocycles. The maximum absolute atomic E-state index is 12.5. The molecule has 2 unspecified atom stereocenters. The number of rotatable bonds is 2. The number of hydrogen-bond donors (Lipinski definition) is 1. The molecule has 0 aromatic carbocycles. The van der Waals surface area contributed by atoms with Crippen molar-refractivity contribution in [2.24, 2.45) is 0 Å². The number of aryl methyl sites for hydroxylation is 2. The van der Waals surface area contributed by atoms with Gasteiger partial charge in [0.1, 0.15) is 6.04 Å². The minimum Gasteiger partial charge on any atom is -0.344 e. The number of carbonyl (C=O) groups is 2. The molecule has 2 amide bonds. The Morgan fingerprint density at radius 1 is 1.38 bits per heavy atom. The van der Waals surface area contributed by atoms with Crippen LogP contribution in [-0.2, 0) is 9.59 Å². The minimum absolute atomic E-state index is 0.00641. The molecular formula is C15H21N3O2S. The van der Waals surface area contributed by atoms with Gasteiger partial charge in [-0.2, -0.15) is 0 Å². The number of thiazole rings is 1. The van der Waals surface area contributed by atoms with Crippen LogP contribution in [0.5, 0.6) is 0 Å². The van der Waals surface area contributed by atoms with Crippen LogP contribution in [0.1, 0.15) is 47.2 Å². The Balaban J connectivity index is 1.68. The van der Waals surface area contributed by atoms with Crippen molar-refractivity contribution in [2.75, 3.05) is 13.1 Å². The Bertz CT molecular complexity index is 550. The molecule has 6 heteroatoms. The predicted octanol–water partition coefficient (Wildman–Crippen LogP) is 1.74. The fourth-order valence-electron chi connectivity index (χ4n) is 3.07. The van der Waals surface area contributed by atoms with Crippen LogP contribution in [0.25, 0.3) is 0 Å². The number of hydrogen-bond acceptors (Lipinski definition) is 4. The van der Waals surface area contributed by atoms with Crippen molar-refractivity contribution in [2.45, 2.75) is 51.5 Å². The lowest BCUT2D eigenvalue weighted by Gasteiger charge is -2.33. The summed E-state index contributed by atoms with van der Waals surface area (Å²) >= 11 is 1.75. The number of carbonyl (C=O) groups excluding carboxylic acids is 2. The molecule has 2 saturated heterocycles. The molecule has 114 valence electrons. The van der Waals surface area contributed by atoms with Gasteiger partial charge in [0.05, 0.1) is 10.7 Å². The van der Waals surface area contributed by atoms with Gasteiger partial charge in [-0.15, -0.1) is 11.3 Å². The highest BCUT2D eigenvalue weighted by Crippen LogP contribution is 2.31. The highest BCUT2D eigenvalue weighted by atomic mass is 32.1. The number of nitrogens with zero attached hydrogens (tertiary/aromatic N) is 2. The molecule has 0 aliphatic carbocycles. The number of aromatic nitrogens is 1. The van der Waals surface area contributed by atoms with Crippen LogP contribution < -0.4 is 5.32 Å². The van der Waals surface area contributed by atoms with Gasteiger partial charge in [-0.05, 0) is 33.1 Å². The van der Waals surface area contributed by atoms with Gasteiger partial charge in [0.25, 0.3) is 0 Å². The molecule has 21 heavy (non-hydrogen) atoms. The highest BCUT2D eigenvalue weighted by molar-refractivity contribution is 7.11. The molecule has 1 aromatic heterocycles. The van der Waals surface area contributed by atoms with Crippen molar-refractivity contribution in [3.8, 4) is 0 Å². The summed E-state index contributed by atoms with van der Waals surface area (Å²) < 4.78 is 0. The van der Waals surface area contributed by atoms with Gasteiger partial charge in [0.2, 0.25) is 11.8 Å². The predicted molar refractivity (Wildman–Crippen MR) is 81.3 cm³/mol. The molecule has 0 spiro atoms. The van der Waals surface area contributed by atoms with Crippen LogP contribution in [0.3, 0.4) is 0 Å². The van der Waals surface area contributed by atoms with Gasteiger partial charge in [-0.1, -0.05) is 0 Å². The monoisotopic (exact) mass is 307 g/mol. The van der Waals surface area contributed by atoms with Crippen molar-refractivity contribution in [3.05, 3.63) is 15.6 Å². The summed E-state index contributed by atoms with van der Waals surface area (Å²) in [6.07, 6.45) is 3.20. The average molecular weight is 307 g/mol. The van der Waals surface area contributed by atoms with Crippen molar-refractivity contribution in [3.63, 3.8) is 0 Å². The molecular weight excluding hydrogens is 286 g/mol. The standard InChI is InChI=1S/C15H21N3O2S/c1-9-10(2)21-14(16-9)11-4-3-7-18(8-11)15(20)12-5-6-13(19)17-12/h11-12H,3-8H2,1-2H3,(H,17,19). The first kappa shape index (κ1) is 14.5. The van der Waals surface area contributed by atoms with Gasteiger partial charge in [-0.3, -0.25) is 9.59 Å². The molecule has 1 aromatic rings. The van der Waals surface area contributed by atoms with Crippen LogP contribution in [-0.4, -0.2) is 40.8 Å². The van der Waals surface area contributed by atoms with Crippen molar-refractivity contribution < 1.29 is 9.59 Å². The summed E-state index contributed by atoms with van der Waals surface area (Å²) in [4.78, 5) is 31.6. The molecule has 0 bridgehead atoms. The largest absolute Gasteiger partial charge is 0.344 e. The SMILES string of the molecule is Cc1nc(C2CCCN(C(=O)C3CCC(=O)N3)C2)sc1C. The fourth-order valence-corrected chi connectivity index (χ4v) is 4.12. The number of amides is 2. The highest BCUT2D eigenvalue weighted by Gasteiger charge is 2.34. The summed E-state index contributed by atoms with van der Waals surface area (Å²) in [5.41, 5.74) is 1.10. The van der Waals surface area contributed by atoms with Crippen molar-refractivity contribution >= 4 is 23.2 Å². The van der Waals surface area contributed by atoms with E-state index in [1.807, 2.05) is 11.8 Å². The van der Waals surface area contributed by atoms with Crippen LogP contribution in [0.15, 0.2) is 0 Å². The van der Waals surface area contributed by atoms with Gasteiger partial charge in [0, 0.05) is 30.3 Å². The lowest BCUT2D eigenvalue weighted by atomic mass is 9.98. The van der Waals surface area contributed by atoms with E-state index in [-0.39, 0.29) is 17.9 Å². The van der Waals surface area contributed by atoms with Crippen LogP contribution in [0, 0.1) is 13.8 Å². The summed E-state index contributed by atoms with van der Waals surface area (Å²) in [5, 5.41) is 3.93. The smallest absolute Gasteiger partial charge is 0.245 e. The number of piperidine rings is 1. The Kier molecular flexibility index (Phi) is 3.97. The second kappa shape index (κ2) is 5.75. The molecule has 3 rings (SSSR count). The molecule has 2 atom stereocenters. The fraction of sp³-hybridized carbons (Fsp3) is 0.667. The summed E-state index contributed by atoms with van der Waals surface area (Å²) in [7, 11) is 0. The molecule has 0 radical (unpaired) electrons. The molecule has 2 aliphatic rings. The van der Waals surface area contributed by atoms with Gasteiger partial charge < -0.3 is 10.2 Å². The maximum Gasteiger partial charge on any atom is 0.245 e. The van der Waals surface area contributed by atoms with E-state index < -0.39 is 0 Å². The maximum atomic E-state index is 12.5. The Morgan fingerprint density at radius 2 is 2.19 bits per heavy atom. The minimum atomic E-state index is -0.309. The molecule has 2 fully saturated rings. The van der Waals surface area contributed by atoms with Gasteiger partial charge in [0.15, 0.2) is 0 Å². The molecule has 5 nitrogen and oxygen atoms in total. The second-order valence-electron chi connectivity index (χ2n) is 5.98. The van der Waals surface area contributed by atoms with E-state index >= 15 is 0 Å². The lowest BCUT2D eigenvalue weighted by Crippen LogP contribution is -2.48. The van der Waals surface area contributed by atoms with E-state index in [1.54, 1.807) is 11.3 Å². The molecule has 1 N–H and O–H groups in total. The first-order chi connectivity index (χ1) is 10.0. The van der Waals surface area contributed by atoms with Gasteiger partial charge in [-0.25, -0.2) is 4.98 Å². The third-order valence-corrected chi connectivity index (χ3v) is 5.66. The average Bonchev–Trinajstić information content (AvgIpc) is 3.05. The number of nitrogens with one attached hydrogen (secondary N) is 1. The quantitative estimate of drug-likeness (QED) is 0.905. The molecule has 3 heterocycles. The Morgan fingerprint density at radius 3 is 2.81 bits per heavy atom. The zero-order valence-electron chi connectivity index (χ0n) is 12.5. The summed E-state index contributed by atoms with van der Waals surface area (Å²) in [6.45, 7) is 5.66. The molecule has 0 saturated carbocycles. The summed E-state index contributed by atoms with van der Waals surface area (Å²) in [5.74, 6) is 0.417. The van der Waals surface area contributed by atoms with Crippen molar-refractivity contribution in [1.29, 1.82) is 0 Å². The summed E-state index contributed by atoms with van der Waals surface area (Å²) in [6, 6.07) is -0.309. The first-order valence-electron chi connectivity index (χ1n) is 7.56. The number of likely N-dealkylation sites (tertiary alicyclic amines) is 1. The van der Waals surface area contributed by atoms with E-state index in [0.29, 0.717) is 18.8 Å². The van der Waals surface area contributed by atoms with Crippen molar-refractivity contribution in [1.82, 2.24) is 15.2 Å². The Hall–Kier alpha value is -1.43. The third-order valence-electron chi connectivity index (χ3n) is 4.42. The van der Waals surface area contributed by atoms with E-state index in [9.17, 15) is 9.59 Å². The van der Waals surface area contributed by atoms with Crippen LogP contribution in [0.2, 0.25) is 0 Å². The van der Waals surface area contributed by atoms with Crippen LogP contribution >= 0.6 is 11.3 Å². The van der Waals surface area contributed by atoms with Gasteiger partial charge >= 0.3 is 0 Å².